The Morgan fingerprint density at radius 2 is 1.61 bits per heavy atom. The molecule has 2 saturated heterocycles. The van der Waals surface area contributed by atoms with Crippen LogP contribution < -0.4 is 9.64 Å². The van der Waals surface area contributed by atoms with Gasteiger partial charge in [-0.15, -0.1) is 11.8 Å². The van der Waals surface area contributed by atoms with Crippen LogP contribution in [0.5, 0.6) is 5.75 Å². The normalized spacial score (nSPS) is 18.0. The third kappa shape index (κ3) is 5.36. The molecule has 2 aliphatic heterocycles. The number of benzene rings is 3. The fourth-order valence-electron chi connectivity index (χ4n) is 4.80. The van der Waals surface area contributed by atoms with Crippen molar-refractivity contribution < 1.29 is 14.3 Å². The van der Waals surface area contributed by atoms with Gasteiger partial charge in [0.05, 0.1) is 12.9 Å². The summed E-state index contributed by atoms with van der Waals surface area (Å²) in [6, 6.07) is 26.1. The van der Waals surface area contributed by atoms with E-state index in [0.717, 1.165) is 36.5 Å². The Morgan fingerprint density at radius 3 is 2.28 bits per heavy atom. The lowest BCUT2D eigenvalue weighted by atomic mass is 10.1. The van der Waals surface area contributed by atoms with Crippen molar-refractivity contribution in [1.29, 1.82) is 0 Å². The molecule has 0 saturated carbocycles. The number of piperazine rings is 1. The summed E-state index contributed by atoms with van der Waals surface area (Å²) in [6.45, 7) is 3.67. The molecular weight excluding hydrogens is 470 g/mol. The number of hydrogen-bond acceptors (Lipinski definition) is 5. The zero-order chi connectivity index (χ0) is 24.9. The lowest BCUT2D eigenvalue weighted by molar-refractivity contribution is -0.128. The second-order valence-corrected chi connectivity index (χ2v) is 10.2. The zero-order valence-electron chi connectivity index (χ0n) is 20.5. The molecule has 1 atom stereocenters. The van der Waals surface area contributed by atoms with E-state index in [9.17, 15) is 9.59 Å². The molecule has 0 aliphatic carbocycles. The quantitative estimate of drug-likeness (QED) is 0.478. The van der Waals surface area contributed by atoms with Gasteiger partial charge in [0.15, 0.2) is 0 Å². The summed E-state index contributed by atoms with van der Waals surface area (Å²) in [5.41, 5.74) is 4.14. The number of methoxy groups -OCH3 is 1. The van der Waals surface area contributed by atoms with Gasteiger partial charge in [-0.2, -0.15) is 0 Å². The fourth-order valence-corrected chi connectivity index (χ4v) is 6.02. The van der Waals surface area contributed by atoms with Crippen LogP contribution in [0.25, 0.3) is 0 Å². The lowest BCUT2D eigenvalue weighted by Crippen LogP contribution is -2.48. The SMILES string of the molecule is COc1ccc(N2CCN(C(=O)c3ccc([C@H]4SCC(=O)N4CCc4ccccc4)cc3)CC2)cc1. The standard InChI is InChI=1S/C29H31N3O3S/c1-35-26-13-11-25(12-14-26)30-17-19-31(20-18-30)28(34)23-7-9-24(10-8-23)29-32(27(33)21-36-29)16-15-22-5-3-2-4-6-22/h2-14,29H,15-21H2,1H3/t29-/m1/s1. The van der Waals surface area contributed by atoms with Gasteiger partial charge in [-0.3, -0.25) is 9.59 Å². The predicted molar refractivity (Wildman–Crippen MR) is 145 cm³/mol. The van der Waals surface area contributed by atoms with Crippen molar-refractivity contribution in [1.82, 2.24) is 9.80 Å². The molecule has 6 nitrogen and oxygen atoms in total. The van der Waals surface area contributed by atoms with Crippen molar-refractivity contribution in [3.05, 3.63) is 95.6 Å². The highest BCUT2D eigenvalue weighted by Gasteiger charge is 2.32. The Kier molecular flexibility index (Phi) is 7.47. The van der Waals surface area contributed by atoms with E-state index in [1.54, 1.807) is 18.9 Å². The molecule has 3 aromatic carbocycles. The molecule has 0 aromatic heterocycles. The van der Waals surface area contributed by atoms with Crippen LogP contribution >= 0.6 is 11.8 Å². The second kappa shape index (κ2) is 11.1. The first kappa shape index (κ1) is 24.3. The van der Waals surface area contributed by atoms with E-state index >= 15 is 0 Å². The van der Waals surface area contributed by atoms with E-state index < -0.39 is 0 Å². The summed E-state index contributed by atoms with van der Waals surface area (Å²) in [5.74, 6) is 1.58. The minimum Gasteiger partial charge on any atom is -0.497 e. The van der Waals surface area contributed by atoms with Crippen molar-refractivity contribution in [2.75, 3.05) is 50.5 Å². The third-order valence-electron chi connectivity index (χ3n) is 6.90. The van der Waals surface area contributed by atoms with Crippen LogP contribution in [0.4, 0.5) is 5.69 Å². The average Bonchev–Trinajstić information content (AvgIpc) is 3.32. The van der Waals surface area contributed by atoms with Gasteiger partial charge in [-0.1, -0.05) is 42.5 Å². The highest BCUT2D eigenvalue weighted by molar-refractivity contribution is 8.00. The number of carbonyl (C=O) groups is 2. The molecule has 2 heterocycles. The maximum Gasteiger partial charge on any atom is 0.253 e. The van der Waals surface area contributed by atoms with E-state index in [0.29, 0.717) is 31.0 Å². The summed E-state index contributed by atoms with van der Waals surface area (Å²) in [4.78, 5) is 31.9. The maximum atomic E-state index is 13.2. The van der Waals surface area contributed by atoms with Crippen molar-refractivity contribution in [2.24, 2.45) is 0 Å². The number of ether oxygens (including phenoxy) is 1. The predicted octanol–water partition coefficient (Wildman–Crippen LogP) is 4.47. The van der Waals surface area contributed by atoms with Gasteiger partial charge in [-0.25, -0.2) is 0 Å². The molecule has 0 N–H and O–H groups in total. The molecule has 36 heavy (non-hydrogen) atoms. The van der Waals surface area contributed by atoms with Gasteiger partial charge in [0.25, 0.3) is 5.91 Å². The summed E-state index contributed by atoms with van der Waals surface area (Å²) >= 11 is 1.66. The fraction of sp³-hybridized carbons (Fsp3) is 0.310. The topological polar surface area (TPSA) is 53.1 Å². The third-order valence-corrected chi connectivity index (χ3v) is 8.16. The first-order valence-corrected chi connectivity index (χ1v) is 13.4. The first-order valence-electron chi connectivity index (χ1n) is 12.4. The van der Waals surface area contributed by atoms with E-state index in [1.165, 1.54) is 5.56 Å². The molecule has 5 rings (SSSR count). The molecule has 0 bridgehead atoms. The molecule has 7 heteroatoms. The molecule has 0 spiro atoms. The van der Waals surface area contributed by atoms with Crippen molar-refractivity contribution in [2.45, 2.75) is 11.8 Å². The summed E-state index contributed by atoms with van der Waals surface area (Å²) < 4.78 is 5.24. The van der Waals surface area contributed by atoms with E-state index in [2.05, 4.69) is 29.2 Å². The van der Waals surface area contributed by atoms with Gasteiger partial charge in [0, 0.05) is 44.0 Å². The molecule has 0 radical (unpaired) electrons. The Morgan fingerprint density at radius 1 is 0.917 bits per heavy atom. The first-order chi connectivity index (χ1) is 17.6. The Balaban J connectivity index is 1.18. The summed E-state index contributed by atoms with van der Waals surface area (Å²) in [7, 11) is 1.67. The number of nitrogens with zero attached hydrogens (tertiary/aromatic N) is 3. The van der Waals surface area contributed by atoms with Gasteiger partial charge in [0.2, 0.25) is 5.91 Å². The molecule has 0 unspecified atom stereocenters. The molecule has 3 aromatic rings. The van der Waals surface area contributed by atoms with Crippen molar-refractivity contribution in [3.63, 3.8) is 0 Å². The zero-order valence-corrected chi connectivity index (χ0v) is 21.3. The van der Waals surface area contributed by atoms with Gasteiger partial charge in [0.1, 0.15) is 11.1 Å². The molecule has 2 fully saturated rings. The minimum absolute atomic E-state index is 0.00148. The average molecular weight is 502 g/mol. The highest BCUT2D eigenvalue weighted by atomic mass is 32.2. The largest absolute Gasteiger partial charge is 0.497 e. The van der Waals surface area contributed by atoms with Gasteiger partial charge < -0.3 is 19.4 Å². The van der Waals surface area contributed by atoms with Crippen LogP contribution in [-0.2, 0) is 11.2 Å². The lowest BCUT2D eigenvalue weighted by Gasteiger charge is -2.36. The maximum absolute atomic E-state index is 13.2. The molecular formula is C29H31N3O3S. The van der Waals surface area contributed by atoms with E-state index in [-0.39, 0.29) is 17.2 Å². The van der Waals surface area contributed by atoms with Gasteiger partial charge in [-0.05, 0) is 53.9 Å². The smallest absolute Gasteiger partial charge is 0.253 e. The molecule has 186 valence electrons. The minimum atomic E-state index is -0.00148. The van der Waals surface area contributed by atoms with Crippen LogP contribution in [0.1, 0.15) is 26.9 Å². The monoisotopic (exact) mass is 501 g/mol. The molecule has 2 amide bonds. The number of amides is 2. The Labute approximate surface area is 216 Å². The number of hydrogen-bond donors (Lipinski definition) is 0. The summed E-state index contributed by atoms with van der Waals surface area (Å²) in [6.07, 6.45) is 0.836. The highest BCUT2D eigenvalue weighted by Crippen LogP contribution is 2.38. The number of thioether (sulfide) groups is 1. The second-order valence-electron chi connectivity index (χ2n) is 9.09. The summed E-state index contributed by atoms with van der Waals surface area (Å²) in [5, 5.41) is -0.00148. The Bertz CT molecular complexity index is 1180. The van der Waals surface area contributed by atoms with Crippen LogP contribution in [0.2, 0.25) is 0 Å². The number of anilines is 1. The van der Waals surface area contributed by atoms with E-state index in [1.807, 2.05) is 64.4 Å². The number of carbonyl (C=O) groups excluding carboxylic acids is 2. The van der Waals surface area contributed by atoms with Crippen LogP contribution in [0.3, 0.4) is 0 Å². The van der Waals surface area contributed by atoms with E-state index in [4.69, 9.17) is 4.74 Å². The van der Waals surface area contributed by atoms with Crippen molar-refractivity contribution in [3.8, 4) is 5.75 Å². The Hall–Kier alpha value is -3.45. The van der Waals surface area contributed by atoms with Crippen molar-refractivity contribution >= 4 is 29.3 Å². The van der Waals surface area contributed by atoms with Gasteiger partial charge >= 0.3 is 0 Å². The van der Waals surface area contributed by atoms with Crippen LogP contribution in [0, 0.1) is 0 Å². The van der Waals surface area contributed by atoms with Crippen LogP contribution in [-0.4, -0.2) is 67.2 Å². The number of rotatable bonds is 7. The molecule has 2 aliphatic rings. The van der Waals surface area contributed by atoms with Crippen LogP contribution in [0.15, 0.2) is 78.9 Å².